The van der Waals surface area contributed by atoms with Crippen molar-refractivity contribution in [2.45, 2.75) is 0 Å². The van der Waals surface area contributed by atoms with Gasteiger partial charge in [0.25, 0.3) is 0 Å². The highest BCUT2D eigenvalue weighted by molar-refractivity contribution is 6.31. The van der Waals surface area contributed by atoms with E-state index >= 15 is 0 Å². The van der Waals surface area contributed by atoms with E-state index in [4.69, 9.17) is 17.3 Å². The minimum atomic E-state index is -0.678. The molecule has 0 aliphatic heterocycles. The molecule has 6 nitrogen and oxygen atoms in total. The van der Waals surface area contributed by atoms with Crippen molar-refractivity contribution in [1.82, 2.24) is 10.2 Å². The predicted octanol–water partition coefficient (Wildman–Crippen LogP) is 1.77. The first kappa shape index (κ1) is 9.60. The van der Waals surface area contributed by atoms with Gasteiger partial charge in [0.15, 0.2) is 0 Å². The Hall–Kier alpha value is -1.95. The minimum Gasteiger partial charge on any atom is -0.391 e. The maximum Gasteiger partial charge on any atom is 0.414 e. The molecule has 0 atom stereocenters. The topological polar surface area (TPSA) is 94.9 Å². The van der Waals surface area contributed by atoms with E-state index in [0.29, 0.717) is 15.9 Å². The van der Waals surface area contributed by atoms with Crippen LogP contribution in [-0.2, 0) is 0 Å². The molecule has 0 spiro atoms. The van der Waals surface area contributed by atoms with Gasteiger partial charge in [-0.15, -0.1) is 0 Å². The summed E-state index contributed by atoms with van der Waals surface area (Å²) < 4.78 is 0. The third-order valence-electron chi connectivity index (χ3n) is 1.92. The van der Waals surface area contributed by atoms with Crippen molar-refractivity contribution >= 4 is 34.0 Å². The van der Waals surface area contributed by atoms with Gasteiger partial charge in [0, 0.05) is 10.4 Å². The molecule has 0 unspecified atom stereocenters. The largest absolute Gasteiger partial charge is 0.414 e. The normalized spacial score (nSPS) is 10.5. The van der Waals surface area contributed by atoms with E-state index in [1.807, 2.05) is 0 Å². The number of benzene rings is 1. The quantitative estimate of drug-likeness (QED) is 0.588. The summed E-state index contributed by atoms with van der Waals surface area (Å²) in [5.74, 6) is -0.454. The molecule has 0 bridgehead atoms. The second kappa shape index (κ2) is 3.32. The SMILES string of the molecule is Nc1c([N+](=O)[O-])nnc2ccc(Cl)cc12. The molecule has 0 radical (unpaired) electrons. The molecule has 0 amide bonds. The van der Waals surface area contributed by atoms with Crippen molar-refractivity contribution in [3.63, 3.8) is 0 Å². The molecule has 0 fully saturated rings. The van der Waals surface area contributed by atoms with E-state index in [1.165, 1.54) is 6.07 Å². The number of fused-ring (bicyclic) bond motifs is 1. The van der Waals surface area contributed by atoms with Crippen molar-refractivity contribution in [2.75, 3.05) is 5.73 Å². The van der Waals surface area contributed by atoms with Gasteiger partial charge in [-0.25, -0.2) is 0 Å². The molecular formula is C8H5ClN4O2. The summed E-state index contributed by atoms with van der Waals surface area (Å²) in [5.41, 5.74) is 6.04. The first-order valence-corrected chi connectivity index (χ1v) is 4.33. The summed E-state index contributed by atoms with van der Waals surface area (Å²) in [4.78, 5) is 9.86. The Morgan fingerprint density at radius 3 is 2.80 bits per heavy atom. The summed E-state index contributed by atoms with van der Waals surface area (Å²) in [5, 5.41) is 18.5. The number of hydrogen-bond donors (Lipinski definition) is 1. The number of aromatic nitrogens is 2. The molecule has 7 heteroatoms. The Kier molecular flexibility index (Phi) is 2.12. The standard InChI is InChI=1S/C8H5ClN4O2/c9-4-1-2-6-5(3-4)7(10)8(12-11-6)13(14)15/h1-3H,(H2,10,11). The predicted molar refractivity (Wildman–Crippen MR) is 55.6 cm³/mol. The number of nitro groups is 1. The van der Waals surface area contributed by atoms with Crippen LogP contribution in [-0.4, -0.2) is 15.1 Å². The lowest BCUT2D eigenvalue weighted by Crippen LogP contribution is -2.01. The fraction of sp³-hybridized carbons (Fsp3) is 0. The number of nitrogen functional groups attached to an aromatic ring is 1. The molecule has 2 rings (SSSR count). The molecule has 1 aromatic heterocycles. The summed E-state index contributed by atoms with van der Waals surface area (Å²) in [7, 11) is 0. The van der Waals surface area contributed by atoms with E-state index in [1.54, 1.807) is 12.1 Å². The highest BCUT2D eigenvalue weighted by Crippen LogP contribution is 2.28. The Balaban J connectivity index is 2.82. The molecule has 0 saturated carbocycles. The van der Waals surface area contributed by atoms with Crippen LogP contribution < -0.4 is 5.73 Å². The zero-order valence-corrected chi connectivity index (χ0v) is 8.10. The molecule has 76 valence electrons. The second-order valence-corrected chi connectivity index (χ2v) is 3.29. The first-order valence-electron chi connectivity index (χ1n) is 3.95. The van der Waals surface area contributed by atoms with Crippen LogP contribution in [0.1, 0.15) is 0 Å². The van der Waals surface area contributed by atoms with Crippen LogP contribution in [0.4, 0.5) is 11.5 Å². The summed E-state index contributed by atoms with van der Waals surface area (Å²) in [6.45, 7) is 0. The van der Waals surface area contributed by atoms with Crippen LogP contribution >= 0.6 is 11.6 Å². The van der Waals surface area contributed by atoms with Gasteiger partial charge >= 0.3 is 5.82 Å². The number of nitrogens with two attached hydrogens (primary N) is 1. The Bertz CT molecular complexity index is 558. The first-order chi connectivity index (χ1) is 7.09. The molecule has 1 heterocycles. The maximum absolute atomic E-state index is 10.5. The van der Waals surface area contributed by atoms with E-state index in [2.05, 4.69) is 10.2 Å². The number of anilines is 1. The fourth-order valence-electron chi connectivity index (χ4n) is 1.22. The third-order valence-corrected chi connectivity index (χ3v) is 2.15. The average molecular weight is 225 g/mol. The molecule has 0 saturated heterocycles. The smallest absolute Gasteiger partial charge is 0.391 e. The lowest BCUT2D eigenvalue weighted by molar-refractivity contribution is -0.389. The molecule has 0 aliphatic carbocycles. The monoisotopic (exact) mass is 224 g/mol. The van der Waals surface area contributed by atoms with Crippen molar-refractivity contribution in [3.8, 4) is 0 Å². The van der Waals surface area contributed by atoms with E-state index in [9.17, 15) is 10.1 Å². The zero-order valence-electron chi connectivity index (χ0n) is 7.35. The molecule has 1 aromatic carbocycles. The summed E-state index contributed by atoms with van der Waals surface area (Å²) in [6.07, 6.45) is 0. The number of nitrogens with zero attached hydrogens (tertiary/aromatic N) is 3. The van der Waals surface area contributed by atoms with Gasteiger partial charge in [0.1, 0.15) is 11.2 Å². The number of rotatable bonds is 1. The number of halogens is 1. The second-order valence-electron chi connectivity index (χ2n) is 2.86. The van der Waals surface area contributed by atoms with Gasteiger partial charge < -0.3 is 15.8 Å². The molecule has 0 aliphatic rings. The summed E-state index contributed by atoms with van der Waals surface area (Å²) >= 11 is 5.75. The van der Waals surface area contributed by atoms with Crippen LogP contribution in [0.3, 0.4) is 0 Å². The average Bonchev–Trinajstić information content (AvgIpc) is 2.19. The summed E-state index contributed by atoms with van der Waals surface area (Å²) in [6, 6.07) is 4.74. The van der Waals surface area contributed by atoms with Crippen molar-refractivity contribution in [2.24, 2.45) is 0 Å². The highest BCUT2D eigenvalue weighted by Gasteiger charge is 2.17. The molecule has 2 N–H and O–H groups in total. The molecule has 2 aromatic rings. The lowest BCUT2D eigenvalue weighted by atomic mass is 10.2. The van der Waals surface area contributed by atoms with Crippen molar-refractivity contribution in [1.29, 1.82) is 0 Å². The lowest BCUT2D eigenvalue weighted by Gasteiger charge is -2.00. The Morgan fingerprint density at radius 2 is 2.13 bits per heavy atom. The van der Waals surface area contributed by atoms with Crippen LogP contribution in [0.15, 0.2) is 18.2 Å². The van der Waals surface area contributed by atoms with E-state index in [0.717, 1.165) is 0 Å². The third kappa shape index (κ3) is 1.55. The molecular weight excluding hydrogens is 220 g/mol. The fourth-order valence-corrected chi connectivity index (χ4v) is 1.39. The van der Waals surface area contributed by atoms with Crippen molar-refractivity contribution in [3.05, 3.63) is 33.3 Å². The van der Waals surface area contributed by atoms with Gasteiger partial charge in [0.05, 0.1) is 5.10 Å². The van der Waals surface area contributed by atoms with Gasteiger partial charge in [-0.2, -0.15) is 0 Å². The van der Waals surface area contributed by atoms with E-state index < -0.39 is 10.7 Å². The number of hydrogen-bond acceptors (Lipinski definition) is 5. The van der Waals surface area contributed by atoms with Crippen LogP contribution in [0.2, 0.25) is 5.02 Å². The zero-order chi connectivity index (χ0) is 11.0. The maximum atomic E-state index is 10.5. The van der Waals surface area contributed by atoms with Crippen molar-refractivity contribution < 1.29 is 4.92 Å². The van der Waals surface area contributed by atoms with E-state index in [-0.39, 0.29) is 5.69 Å². The van der Waals surface area contributed by atoms with Gasteiger partial charge in [-0.3, -0.25) is 0 Å². The van der Waals surface area contributed by atoms with Crippen LogP contribution in [0, 0.1) is 10.1 Å². The van der Waals surface area contributed by atoms with Gasteiger partial charge in [-0.1, -0.05) is 11.6 Å². The minimum absolute atomic E-state index is 0.0208. The van der Waals surface area contributed by atoms with Crippen LogP contribution in [0.25, 0.3) is 10.9 Å². The Morgan fingerprint density at radius 1 is 1.40 bits per heavy atom. The van der Waals surface area contributed by atoms with Gasteiger partial charge in [-0.05, 0) is 28.2 Å². The Labute approximate surface area is 88.8 Å². The van der Waals surface area contributed by atoms with Gasteiger partial charge in [0.2, 0.25) is 0 Å². The molecule has 15 heavy (non-hydrogen) atoms. The van der Waals surface area contributed by atoms with Crippen LogP contribution in [0.5, 0.6) is 0 Å². The highest BCUT2D eigenvalue weighted by atomic mass is 35.5.